The number of carbonyl (C=O) groups excluding carboxylic acids is 1. The largest absolute Gasteiger partial charge is 0.454 e. The van der Waals surface area contributed by atoms with Gasteiger partial charge in [0.05, 0.1) is 10.6 Å². The van der Waals surface area contributed by atoms with Crippen molar-refractivity contribution in [2.24, 2.45) is 0 Å². The Kier molecular flexibility index (Phi) is 5.28. The molecule has 0 saturated carbocycles. The predicted molar refractivity (Wildman–Crippen MR) is 118 cm³/mol. The minimum absolute atomic E-state index is 0.123. The van der Waals surface area contributed by atoms with E-state index in [2.05, 4.69) is 30.9 Å². The number of fused-ring (bicyclic) bond motifs is 1. The maximum atomic E-state index is 13.0. The summed E-state index contributed by atoms with van der Waals surface area (Å²) < 4.78 is 11.3. The topological polar surface area (TPSA) is 42.0 Å². The van der Waals surface area contributed by atoms with Crippen LogP contribution < -0.4 is 19.3 Å². The predicted octanol–water partition coefficient (Wildman–Crippen LogP) is 4.67. The van der Waals surface area contributed by atoms with Crippen molar-refractivity contribution in [3.05, 3.63) is 52.9 Å². The first-order valence-electron chi connectivity index (χ1n) is 9.13. The monoisotopic (exact) mass is 412 g/mol. The van der Waals surface area contributed by atoms with Crippen molar-refractivity contribution in [1.29, 1.82) is 0 Å². The molecule has 0 N–H and O–H groups in total. The molecule has 1 saturated heterocycles. The van der Waals surface area contributed by atoms with Gasteiger partial charge in [0.2, 0.25) is 6.79 Å². The summed E-state index contributed by atoms with van der Waals surface area (Å²) in [5.74, 6) is 1.18. The molecule has 0 spiro atoms. The first-order chi connectivity index (χ1) is 13.6. The van der Waals surface area contributed by atoms with Gasteiger partial charge in [0.1, 0.15) is 0 Å². The molecule has 7 heteroatoms. The highest BCUT2D eigenvalue weighted by Crippen LogP contribution is 2.40. The summed E-state index contributed by atoms with van der Waals surface area (Å²) in [4.78, 5) is 17.4. The number of thioether (sulfide) groups is 1. The van der Waals surface area contributed by atoms with Gasteiger partial charge in [-0.3, -0.25) is 9.69 Å². The number of amides is 1. The second kappa shape index (κ2) is 7.85. The van der Waals surface area contributed by atoms with Crippen LogP contribution in [0.5, 0.6) is 11.5 Å². The van der Waals surface area contributed by atoms with Crippen molar-refractivity contribution in [3.8, 4) is 11.5 Å². The van der Waals surface area contributed by atoms with Gasteiger partial charge < -0.3 is 14.4 Å². The van der Waals surface area contributed by atoms with Crippen LogP contribution in [0.4, 0.5) is 11.4 Å². The summed E-state index contributed by atoms with van der Waals surface area (Å²) in [5, 5.41) is 0. The second-order valence-electron chi connectivity index (χ2n) is 6.32. The van der Waals surface area contributed by atoms with Crippen molar-refractivity contribution < 1.29 is 14.3 Å². The lowest BCUT2D eigenvalue weighted by Crippen LogP contribution is -2.27. The van der Waals surface area contributed by atoms with Gasteiger partial charge in [0.25, 0.3) is 5.91 Å². The van der Waals surface area contributed by atoms with Gasteiger partial charge in [-0.1, -0.05) is 36.1 Å². The molecule has 0 atom stereocenters. The highest BCUT2D eigenvalue weighted by Gasteiger charge is 2.34. The van der Waals surface area contributed by atoms with Gasteiger partial charge in [-0.05, 0) is 49.8 Å². The van der Waals surface area contributed by atoms with Crippen LogP contribution in [0.2, 0.25) is 0 Å². The molecule has 2 aromatic rings. The molecule has 1 fully saturated rings. The van der Waals surface area contributed by atoms with E-state index in [1.54, 1.807) is 12.1 Å². The smallest absolute Gasteiger partial charge is 0.270 e. The number of rotatable bonds is 5. The number of thiocarbonyl (C=S) groups is 1. The Bertz CT molecular complexity index is 953. The van der Waals surface area contributed by atoms with Crippen LogP contribution in [0.3, 0.4) is 0 Å². The minimum atomic E-state index is -0.123. The summed E-state index contributed by atoms with van der Waals surface area (Å²) in [6, 6.07) is 13.6. The van der Waals surface area contributed by atoms with Crippen LogP contribution in [-0.4, -0.2) is 30.1 Å². The molecule has 0 bridgehead atoms. The molecule has 2 aliphatic rings. The number of hydrogen-bond donors (Lipinski definition) is 0. The Morgan fingerprint density at radius 1 is 1.11 bits per heavy atom. The fourth-order valence-corrected chi connectivity index (χ4v) is 4.54. The van der Waals surface area contributed by atoms with E-state index in [-0.39, 0.29) is 12.7 Å². The van der Waals surface area contributed by atoms with E-state index < -0.39 is 0 Å². The molecule has 0 radical (unpaired) electrons. The molecule has 4 rings (SSSR count). The van der Waals surface area contributed by atoms with Crippen LogP contribution in [-0.2, 0) is 4.79 Å². The van der Waals surface area contributed by atoms with Gasteiger partial charge >= 0.3 is 0 Å². The fraction of sp³-hybridized carbons (Fsp3) is 0.238. The number of anilines is 2. The molecule has 2 aliphatic heterocycles. The van der Waals surface area contributed by atoms with Crippen molar-refractivity contribution in [3.63, 3.8) is 0 Å². The lowest BCUT2D eigenvalue weighted by Gasteiger charge is -2.20. The normalized spacial score (nSPS) is 16.9. The third-order valence-electron chi connectivity index (χ3n) is 4.73. The van der Waals surface area contributed by atoms with Crippen molar-refractivity contribution in [1.82, 2.24) is 0 Å². The Balaban J connectivity index is 1.57. The zero-order valence-corrected chi connectivity index (χ0v) is 17.3. The number of ether oxygens (including phenoxy) is 2. The number of benzene rings is 2. The fourth-order valence-electron chi connectivity index (χ4n) is 3.24. The molecule has 5 nitrogen and oxygen atoms in total. The molecule has 2 aromatic carbocycles. The highest BCUT2D eigenvalue weighted by atomic mass is 32.2. The molecular weight excluding hydrogens is 392 g/mol. The first kappa shape index (κ1) is 18.8. The van der Waals surface area contributed by atoms with Crippen molar-refractivity contribution in [2.75, 3.05) is 29.7 Å². The van der Waals surface area contributed by atoms with E-state index in [1.807, 2.05) is 24.3 Å². The van der Waals surface area contributed by atoms with Crippen LogP contribution in [0.25, 0.3) is 6.08 Å². The molecule has 0 aromatic heterocycles. The first-order valence-corrected chi connectivity index (χ1v) is 10.4. The summed E-state index contributed by atoms with van der Waals surface area (Å²) in [6.07, 6.45) is 1.89. The Labute approximate surface area is 173 Å². The summed E-state index contributed by atoms with van der Waals surface area (Å²) in [5.41, 5.74) is 2.84. The highest BCUT2D eigenvalue weighted by molar-refractivity contribution is 8.27. The Morgan fingerprint density at radius 3 is 2.54 bits per heavy atom. The van der Waals surface area contributed by atoms with E-state index >= 15 is 0 Å². The molecule has 28 heavy (non-hydrogen) atoms. The molecule has 0 aliphatic carbocycles. The van der Waals surface area contributed by atoms with E-state index in [9.17, 15) is 4.79 Å². The third kappa shape index (κ3) is 3.47. The average molecular weight is 413 g/mol. The SMILES string of the molecule is CCN(CC)c1ccc(/C=C2/SC(=S)N(c3ccc4c(c3)OCO4)C2=O)cc1. The maximum Gasteiger partial charge on any atom is 0.270 e. The van der Waals surface area contributed by atoms with Gasteiger partial charge in [-0.25, -0.2) is 0 Å². The average Bonchev–Trinajstić information content (AvgIpc) is 3.27. The van der Waals surface area contributed by atoms with Crippen LogP contribution in [0.15, 0.2) is 47.4 Å². The minimum Gasteiger partial charge on any atom is -0.454 e. The molecule has 1 amide bonds. The van der Waals surface area contributed by atoms with Crippen molar-refractivity contribution >= 4 is 51.7 Å². The second-order valence-corrected chi connectivity index (χ2v) is 7.99. The summed E-state index contributed by atoms with van der Waals surface area (Å²) >= 11 is 6.77. The summed E-state index contributed by atoms with van der Waals surface area (Å²) in [7, 11) is 0. The van der Waals surface area contributed by atoms with E-state index in [4.69, 9.17) is 21.7 Å². The van der Waals surface area contributed by atoms with Crippen LogP contribution in [0, 0.1) is 0 Å². The lowest BCUT2D eigenvalue weighted by atomic mass is 10.1. The van der Waals surface area contributed by atoms with E-state index in [1.165, 1.54) is 22.3 Å². The van der Waals surface area contributed by atoms with Crippen LogP contribution >= 0.6 is 24.0 Å². The maximum absolute atomic E-state index is 13.0. The summed E-state index contributed by atoms with van der Waals surface area (Å²) in [6.45, 7) is 6.40. The van der Waals surface area contributed by atoms with Gasteiger partial charge in [-0.2, -0.15) is 0 Å². The number of hydrogen-bond acceptors (Lipinski definition) is 6. The van der Waals surface area contributed by atoms with E-state index in [0.29, 0.717) is 26.4 Å². The third-order valence-corrected chi connectivity index (χ3v) is 6.03. The Morgan fingerprint density at radius 2 is 1.82 bits per heavy atom. The lowest BCUT2D eigenvalue weighted by molar-refractivity contribution is -0.113. The zero-order valence-electron chi connectivity index (χ0n) is 15.7. The van der Waals surface area contributed by atoms with Crippen molar-refractivity contribution in [2.45, 2.75) is 13.8 Å². The molecule has 144 valence electrons. The van der Waals surface area contributed by atoms with E-state index in [0.717, 1.165) is 18.7 Å². The number of carbonyl (C=O) groups is 1. The zero-order chi connectivity index (χ0) is 19.7. The Hall–Kier alpha value is -2.51. The van der Waals surface area contributed by atoms with Crippen LogP contribution in [0.1, 0.15) is 19.4 Å². The quantitative estimate of drug-likeness (QED) is 0.525. The number of nitrogens with zero attached hydrogens (tertiary/aromatic N) is 2. The molecule has 0 unspecified atom stereocenters. The molecular formula is C21H20N2O3S2. The van der Waals surface area contributed by atoms with Gasteiger partial charge in [0.15, 0.2) is 15.8 Å². The molecule has 2 heterocycles. The van der Waals surface area contributed by atoms with Gasteiger partial charge in [-0.15, -0.1) is 0 Å². The van der Waals surface area contributed by atoms with Gasteiger partial charge in [0, 0.05) is 24.8 Å². The standard InChI is InChI=1S/C21H20N2O3S2/c1-3-22(4-2)15-7-5-14(6-8-15)11-19-20(24)23(21(27)28-19)16-9-10-17-18(12-16)26-13-25-17/h5-12H,3-4,13H2,1-2H3/b19-11+.